The highest BCUT2D eigenvalue weighted by molar-refractivity contribution is 5.86. The second-order valence-corrected chi connectivity index (χ2v) is 6.15. The fourth-order valence-corrected chi connectivity index (χ4v) is 3.27. The molecule has 1 aliphatic rings. The molecule has 25 heavy (non-hydrogen) atoms. The van der Waals surface area contributed by atoms with Gasteiger partial charge in [-0.2, -0.15) is 15.3 Å². The van der Waals surface area contributed by atoms with Gasteiger partial charge >= 0.3 is 0 Å². The summed E-state index contributed by atoms with van der Waals surface area (Å²) < 4.78 is 7.07. The van der Waals surface area contributed by atoms with Gasteiger partial charge in [-0.25, -0.2) is 14.6 Å². The number of hydrogen-bond acceptors (Lipinski definition) is 8. The van der Waals surface area contributed by atoms with Crippen molar-refractivity contribution in [3.63, 3.8) is 0 Å². The molecule has 0 aliphatic carbocycles. The van der Waals surface area contributed by atoms with Crippen LogP contribution in [-0.4, -0.2) is 43.0 Å². The van der Waals surface area contributed by atoms with E-state index >= 15 is 0 Å². The van der Waals surface area contributed by atoms with Gasteiger partial charge < -0.3 is 9.42 Å². The van der Waals surface area contributed by atoms with E-state index in [0.717, 1.165) is 48.7 Å². The Bertz CT molecular complexity index is 916. The Labute approximate surface area is 144 Å². The van der Waals surface area contributed by atoms with E-state index in [1.54, 1.807) is 17.2 Å². The van der Waals surface area contributed by atoms with Crippen LogP contribution >= 0.6 is 0 Å². The number of aromatic nitrogens is 6. The molecule has 1 aliphatic heterocycles. The maximum absolute atomic E-state index is 8.77. The molecule has 128 valence electrons. The molecule has 0 unspecified atom stereocenters. The predicted octanol–water partition coefficient (Wildman–Crippen LogP) is 1.82. The minimum absolute atomic E-state index is 0.299. The Kier molecular flexibility index (Phi) is 4.01. The van der Waals surface area contributed by atoms with Crippen LogP contribution in [0.15, 0.2) is 17.0 Å². The molecule has 4 heterocycles. The van der Waals surface area contributed by atoms with Gasteiger partial charge in [-0.15, -0.1) is 0 Å². The molecule has 0 saturated carbocycles. The van der Waals surface area contributed by atoms with Crippen LogP contribution in [0.3, 0.4) is 0 Å². The number of aryl methyl sites for hydroxylation is 2. The van der Waals surface area contributed by atoms with Gasteiger partial charge in [-0.3, -0.25) is 0 Å². The number of piperidine rings is 1. The Hall–Kier alpha value is -3.02. The zero-order chi connectivity index (χ0) is 17.2. The molecule has 0 atom stereocenters. The van der Waals surface area contributed by atoms with E-state index in [0.29, 0.717) is 24.7 Å². The Balaban J connectivity index is 1.53. The molecule has 3 aromatic rings. The molecule has 0 amide bonds. The minimum atomic E-state index is 0.299. The van der Waals surface area contributed by atoms with E-state index in [4.69, 9.17) is 9.78 Å². The molecule has 9 heteroatoms. The monoisotopic (exact) mass is 338 g/mol. The van der Waals surface area contributed by atoms with Gasteiger partial charge in [0.25, 0.3) is 0 Å². The smallest absolute Gasteiger partial charge is 0.229 e. The van der Waals surface area contributed by atoms with E-state index in [-0.39, 0.29) is 0 Å². The lowest BCUT2D eigenvalue weighted by Gasteiger charge is -2.31. The predicted molar refractivity (Wildman–Crippen MR) is 88.8 cm³/mol. The fraction of sp³-hybridized carbons (Fsp3) is 0.500. The molecule has 4 rings (SSSR count). The maximum atomic E-state index is 8.77. The summed E-state index contributed by atoms with van der Waals surface area (Å²) in [7, 11) is 0. The largest absolute Gasteiger partial charge is 0.356 e. The van der Waals surface area contributed by atoms with Crippen LogP contribution in [0.25, 0.3) is 11.0 Å². The van der Waals surface area contributed by atoms with Crippen LogP contribution < -0.4 is 4.90 Å². The molecular formula is C16H18N8O. The molecule has 0 aromatic carbocycles. The van der Waals surface area contributed by atoms with E-state index in [2.05, 4.69) is 36.2 Å². The van der Waals surface area contributed by atoms with Crippen LogP contribution in [0, 0.1) is 18.3 Å². The van der Waals surface area contributed by atoms with Gasteiger partial charge in [0.15, 0.2) is 11.5 Å². The summed E-state index contributed by atoms with van der Waals surface area (Å²) in [5.41, 5.74) is 0.773. The molecule has 0 radical (unpaired) electrons. The van der Waals surface area contributed by atoms with Crippen LogP contribution in [0.4, 0.5) is 5.82 Å². The third-order valence-corrected chi connectivity index (χ3v) is 4.53. The van der Waals surface area contributed by atoms with Crippen molar-refractivity contribution in [1.82, 2.24) is 29.9 Å². The zero-order valence-electron chi connectivity index (χ0n) is 14.0. The minimum Gasteiger partial charge on any atom is -0.356 e. The van der Waals surface area contributed by atoms with Crippen LogP contribution in [-0.2, 0) is 6.54 Å². The number of nitrogens with zero attached hydrogens (tertiary/aromatic N) is 8. The molecule has 0 spiro atoms. The summed E-state index contributed by atoms with van der Waals surface area (Å²) >= 11 is 0. The number of rotatable bonds is 4. The summed E-state index contributed by atoms with van der Waals surface area (Å²) in [5.74, 6) is 2.61. The molecule has 1 saturated heterocycles. The Morgan fingerprint density at radius 3 is 2.88 bits per heavy atom. The first-order valence-electron chi connectivity index (χ1n) is 8.35. The van der Waals surface area contributed by atoms with Gasteiger partial charge in [-0.1, -0.05) is 5.16 Å². The van der Waals surface area contributed by atoms with Crippen molar-refractivity contribution in [2.45, 2.75) is 38.6 Å². The van der Waals surface area contributed by atoms with Gasteiger partial charge in [-0.05, 0) is 19.8 Å². The van der Waals surface area contributed by atoms with Crippen molar-refractivity contribution in [2.75, 3.05) is 18.0 Å². The lowest BCUT2D eigenvalue weighted by atomic mass is 9.96. The van der Waals surface area contributed by atoms with E-state index < -0.39 is 0 Å². The van der Waals surface area contributed by atoms with E-state index in [9.17, 15) is 0 Å². The first-order valence-corrected chi connectivity index (χ1v) is 8.35. The van der Waals surface area contributed by atoms with Gasteiger partial charge in [0.1, 0.15) is 12.1 Å². The average Bonchev–Trinajstić information content (AvgIpc) is 3.26. The SMILES string of the molecule is Cc1noc(C2CCN(c3ncnc4c3cnn4CCC#N)CC2)n1. The fourth-order valence-electron chi connectivity index (χ4n) is 3.27. The van der Waals surface area contributed by atoms with Crippen molar-refractivity contribution in [1.29, 1.82) is 5.26 Å². The Morgan fingerprint density at radius 1 is 1.32 bits per heavy atom. The lowest BCUT2D eigenvalue weighted by molar-refractivity contribution is 0.327. The third kappa shape index (κ3) is 2.91. The molecule has 9 nitrogen and oxygen atoms in total. The van der Waals surface area contributed by atoms with Crippen molar-refractivity contribution < 1.29 is 4.52 Å². The first-order chi connectivity index (χ1) is 12.3. The van der Waals surface area contributed by atoms with Crippen molar-refractivity contribution in [3.8, 4) is 6.07 Å². The van der Waals surface area contributed by atoms with Crippen LogP contribution in [0.2, 0.25) is 0 Å². The molecule has 0 bridgehead atoms. The topological polar surface area (TPSA) is 110 Å². The number of nitriles is 1. The molecule has 0 N–H and O–H groups in total. The number of fused-ring (bicyclic) bond motifs is 1. The van der Waals surface area contributed by atoms with E-state index in [1.165, 1.54) is 0 Å². The quantitative estimate of drug-likeness (QED) is 0.708. The summed E-state index contributed by atoms with van der Waals surface area (Å²) in [6, 6.07) is 2.14. The highest BCUT2D eigenvalue weighted by atomic mass is 16.5. The van der Waals surface area contributed by atoms with Gasteiger partial charge in [0.05, 0.1) is 30.6 Å². The standard InChI is InChI=1S/C16H18N8O/c1-11-21-16(25-22-11)12-3-7-23(8-4-12)14-13-9-20-24(6-2-5-17)15(13)19-10-18-14/h9-10,12H,2-4,6-8H2,1H3. The highest BCUT2D eigenvalue weighted by Crippen LogP contribution is 2.31. The second kappa shape index (κ2) is 6.47. The molecule has 3 aromatic heterocycles. The van der Waals surface area contributed by atoms with Crippen molar-refractivity contribution in [2.24, 2.45) is 0 Å². The third-order valence-electron chi connectivity index (χ3n) is 4.53. The summed E-state index contributed by atoms with van der Waals surface area (Å²) in [4.78, 5) is 15.4. The maximum Gasteiger partial charge on any atom is 0.229 e. The van der Waals surface area contributed by atoms with Crippen molar-refractivity contribution >= 4 is 16.9 Å². The molecule has 1 fully saturated rings. The second-order valence-electron chi connectivity index (χ2n) is 6.15. The summed E-state index contributed by atoms with van der Waals surface area (Å²) in [6.45, 7) is 4.10. The number of anilines is 1. The van der Waals surface area contributed by atoms with Gasteiger partial charge in [0.2, 0.25) is 5.89 Å². The number of hydrogen-bond donors (Lipinski definition) is 0. The molecular weight excluding hydrogens is 320 g/mol. The normalized spacial score (nSPS) is 15.6. The average molecular weight is 338 g/mol. The first kappa shape index (κ1) is 15.5. The summed E-state index contributed by atoms with van der Waals surface area (Å²) in [5, 5.41) is 17.9. The Morgan fingerprint density at radius 2 is 2.16 bits per heavy atom. The van der Waals surface area contributed by atoms with Gasteiger partial charge in [0, 0.05) is 19.0 Å². The van der Waals surface area contributed by atoms with Crippen LogP contribution in [0.5, 0.6) is 0 Å². The lowest BCUT2D eigenvalue weighted by Crippen LogP contribution is -2.33. The van der Waals surface area contributed by atoms with Crippen LogP contribution in [0.1, 0.15) is 36.9 Å². The van der Waals surface area contributed by atoms with Crippen molar-refractivity contribution in [3.05, 3.63) is 24.2 Å². The summed E-state index contributed by atoms with van der Waals surface area (Å²) in [6.07, 6.45) is 5.64. The van der Waals surface area contributed by atoms with E-state index in [1.807, 2.05) is 6.92 Å². The zero-order valence-corrected chi connectivity index (χ0v) is 14.0. The highest BCUT2D eigenvalue weighted by Gasteiger charge is 2.26.